The largest absolute Gasteiger partial charge is 0.422 e. The van der Waals surface area contributed by atoms with Gasteiger partial charge in [0, 0.05) is 29.1 Å². The van der Waals surface area contributed by atoms with Crippen molar-refractivity contribution in [1.29, 1.82) is 0 Å². The van der Waals surface area contributed by atoms with E-state index < -0.39 is 16.5 Å². The van der Waals surface area contributed by atoms with Crippen molar-refractivity contribution < 1.29 is 18.9 Å². The van der Waals surface area contributed by atoms with Crippen molar-refractivity contribution in [2.45, 2.75) is 6.92 Å². The number of hydrogen-bond acceptors (Lipinski definition) is 6. The second kappa shape index (κ2) is 8.04. The number of nitro groups is 1. The number of fused-ring (bicyclic) bond motifs is 1. The second-order valence-electron chi connectivity index (χ2n) is 6.72. The Hall–Kier alpha value is -3.97. The normalized spacial score (nSPS) is 10.8. The zero-order valence-corrected chi connectivity index (χ0v) is 16.9. The fourth-order valence-corrected chi connectivity index (χ4v) is 3.50. The molecule has 0 aliphatic carbocycles. The fraction of sp³-hybridized carbons (Fsp3) is 0.0435. The van der Waals surface area contributed by atoms with Crippen molar-refractivity contribution in [3.05, 3.63) is 103 Å². The summed E-state index contributed by atoms with van der Waals surface area (Å²) in [6, 6.07) is 17.6. The quantitative estimate of drug-likeness (QED) is 0.137. The van der Waals surface area contributed by atoms with Gasteiger partial charge in [-0.1, -0.05) is 41.9 Å². The highest BCUT2D eigenvalue weighted by molar-refractivity contribution is 6.33. The van der Waals surface area contributed by atoms with Gasteiger partial charge in [0.2, 0.25) is 0 Å². The molecule has 0 saturated heterocycles. The summed E-state index contributed by atoms with van der Waals surface area (Å²) in [4.78, 5) is 35.0. The molecule has 0 radical (unpaired) electrons. The zero-order chi connectivity index (χ0) is 22.1. The molecule has 4 rings (SSSR count). The predicted molar refractivity (Wildman–Crippen MR) is 116 cm³/mol. The van der Waals surface area contributed by atoms with Crippen LogP contribution in [0.5, 0.6) is 5.75 Å². The van der Waals surface area contributed by atoms with E-state index in [-0.39, 0.29) is 22.0 Å². The summed E-state index contributed by atoms with van der Waals surface area (Å²) < 4.78 is 10.9. The van der Waals surface area contributed by atoms with Crippen LogP contribution in [0.15, 0.2) is 75.9 Å². The fourth-order valence-electron chi connectivity index (χ4n) is 3.25. The Balaban J connectivity index is 1.75. The number of aryl methyl sites for hydroxylation is 1. The Morgan fingerprint density at radius 3 is 2.48 bits per heavy atom. The zero-order valence-electron chi connectivity index (χ0n) is 16.1. The van der Waals surface area contributed by atoms with Crippen molar-refractivity contribution in [3.8, 4) is 16.9 Å². The summed E-state index contributed by atoms with van der Waals surface area (Å²) >= 11 is 6.01. The van der Waals surface area contributed by atoms with Crippen LogP contribution in [0.25, 0.3) is 22.1 Å². The average Bonchev–Trinajstić information content (AvgIpc) is 2.76. The summed E-state index contributed by atoms with van der Waals surface area (Å²) in [5.74, 6) is -0.607. The van der Waals surface area contributed by atoms with Crippen LogP contribution >= 0.6 is 11.6 Å². The summed E-state index contributed by atoms with van der Waals surface area (Å²) in [6.07, 6.45) is 0. The molecule has 0 aliphatic heterocycles. The first-order valence-corrected chi connectivity index (χ1v) is 9.52. The maximum absolute atomic E-state index is 12.6. The van der Waals surface area contributed by atoms with Gasteiger partial charge in [-0.3, -0.25) is 10.1 Å². The topological polar surface area (TPSA) is 99.6 Å². The van der Waals surface area contributed by atoms with E-state index in [9.17, 15) is 19.7 Å². The third kappa shape index (κ3) is 3.91. The Bertz CT molecular complexity index is 1390. The minimum atomic E-state index is -0.788. The van der Waals surface area contributed by atoms with Gasteiger partial charge in [0.15, 0.2) is 0 Å². The van der Waals surface area contributed by atoms with Crippen LogP contribution in [0.2, 0.25) is 5.02 Å². The smallest absolute Gasteiger partial charge is 0.345 e. The number of hydrogen-bond donors (Lipinski definition) is 0. The Labute approximate surface area is 180 Å². The van der Waals surface area contributed by atoms with Crippen molar-refractivity contribution >= 4 is 34.2 Å². The average molecular weight is 436 g/mol. The molecule has 3 aromatic carbocycles. The number of carbonyl (C=O) groups is 1. The van der Waals surface area contributed by atoms with E-state index in [4.69, 9.17) is 20.8 Å². The van der Waals surface area contributed by atoms with E-state index >= 15 is 0 Å². The monoisotopic (exact) mass is 435 g/mol. The highest BCUT2D eigenvalue weighted by Gasteiger charge is 2.19. The SMILES string of the molecule is Cc1c(OC(=O)c2ccc([N+](=O)[O-])cc2Cl)ccc2c(-c3ccccc3)cc(=O)oc12. The van der Waals surface area contributed by atoms with Crippen molar-refractivity contribution in [2.75, 3.05) is 0 Å². The predicted octanol–water partition coefficient (Wildman–Crippen LogP) is 5.55. The van der Waals surface area contributed by atoms with E-state index in [1.54, 1.807) is 19.1 Å². The van der Waals surface area contributed by atoms with Gasteiger partial charge in [-0.05, 0) is 36.2 Å². The van der Waals surface area contributed by atoms with Crippen LogP contribution in [0, 0.1) is 17.0 Å². The minimum absolute atomic E-state index is 0.0220. The molecular formula is C23H14ClNO6. The first-order chi connectivity index (χ1) is 14.8. The molecule has 31 heavy (non-hydrogen) atoms. The molecule has 0 atom stereocenters. The van der Waals surface area contributed by atoms with Crippen molar-refractivity contribution in [3.63, 3.8) is 0 Å². The molecule has 0 saturated carbocycles. The van der Waals surface area contributed by atoms with Gasteiger partial charge in [-0.2, -0.15) is 0 Å². The number of nitro benzene ring substituents is 1. The molecule has 4 aromatic rings. The first kappa shape index (κ1) is 20.3. The van der Waals surface area contributed by atoms with E-state index in [1.165, 1.54) is 18.2 Å². The van der Waals surface area contributed by atoms with Crippen LogP contribution in [0.3, 0.4) is 0 Å². The number of benzene rings is 3. The van der Waals surface area contributed by atoms with E-state index in [1.807, 2.05) is 30.3 Å². The van der Waals surface area contributed by atoms with Crippen LogP contribution in [0.4, 0.5) is 5.69 Å². The molecule has 8 heteroatoms. The summed E-state index contributed by atoms with van der Waals surface area (Å²) in [6.45, 7) is 1.67. The number of esters is 1. The Kier molecular flexibility index (Phi) is 5.27. The standard InChI is InChI=1S/C23H14ClNO6/c1-13-20(30-23(27)17-8-7-15(25(28)29)11-19(17)24)10-9-16-18(12-21(26)31-22(13)16)14-5-3-2-4-6-14/h2-12H,1H3. The van der Waals surface area contributed by atoms with E-state index in [0.29, 0.717) is 22.1 Å². The molecule has 154 valence electrons. The number of halogens is 1. The van der Waals surface area contributed by atoms with Gasteiger partial charge in [-0.15, -0.1) is 0 Å². The van der Waals surface area contributed by atoms with Gasteiger partial charge in [0.1, 0.15) is 11.3 Å². The van der Waals surface area contributed by atoms with Gasteiger partial charge < -0.3 is 9.15 Å². The highest BCUT2D eigenvalue weighted by atomic mass is 35.5. The lowest BCUT2D eigenvalue weighted by Gasteiger charge is -2.12. The van der Waals surface area contributed by atoms with Gasteiger partial charge >= 0.3 is 11.6 Å². The maximum atomic E-state index is 12.6. The third-order valence-electron chi connectivity index (χ3n) is 4.78. The van der Waals surface area contributed by atoms with Crippen LogP contribution < -0.4 is 10.4 Å². The molecule has 0 amide bonds. The second-order valence-corrected chi connectivity index (χ2v) is 7.13. The summed E-state index contributed by atoms with van der Waals surface area (Å²) in [5, 5.41) is 11.4. The maximum Gasteiger partial charge on any atom is 0.345 e. The number of rotatable bonds is 4. The van der Waals surface area contributed by atoms with Gasteiger partial charge in [0.05, 0.1) is 15.5 Å². The Morgan fingerprint density at radius 2 is 1.81 bits per heavy atom. The van der Waals surface area contributed by atoms with Gasteiger partial charge in [0.25, 0.3) is 5.69 Å². The molecule has 0 aliphatic rings. The lowest BCUT2D eigenvalue weighted by atomic mass is 10.0. The summed E-state index contributed by atoms with van der Waals surface area (Å²) in [7, 11) is 0. The van der Waals surface area contributed by atoms with Crippen LogP contribution in [-0.2, 0) is 0 Å². The third-order valence-corrected chi connectivity index (χ3v) is 5.09. The molecule has 1 aromatic heterocycles. The Morgan fingerprint density at radius 1 is 1.06 bits per heavy atom. The van der Waals surface area contributed by atoms with Crippen molar-refractivity contribution in [2.24, 2.45) is 0 Å². The van der Waals surface area contributed by atoms with Crippen molar-refractivity contribution in [1.82, 2.24) is 0 Å². The van der Waals surface area contributed by atoms with E-state index in [0.717, 1.165) is 11.6 Å². The summed E-state index contributed by atoms with van der Waals surface area (Å²) in [5.41, 5.74) is 1.51. The number of nitrogens with zero attached hydrogens (tertiary/aromatic N) is 1. The van der Waals surface area contributed by atoms with E-state index in [2.05, 4.69) is 0 Å². The highest BCUT2D eigenvalue weighted by Crippen LogP contribution is 2.33. The number of carbonyl (C=O) groups excluding carboxylic acids is 1. The molecule has 1 heterocycles. The first-order valence-electron chi connectivity index (χ1n) is 9.14. The number of ether oxygens (including phenoxy) is 1. The molecule has 0 N–H and O–H groups in total. The molecule has 0 fully saturated rings. The number of non-ortho nitro benzene ring substituents is 1. The van der Waals surface area contributed by atoms with Crippen LogP contribution in [-0.4, -0.2) is 10.9 Å². The molecule has 0 spiro atoms. The lowest BCUT2D eigenvalue weighted by molar-refractivity contribution is -0.384. The van der Waals surface area contributed by atoms with Crippen LogP contribution in [0.1, 0.15) is 15.9 Å². The molecular weight excluding hydrogens is 422 g/mol. The molecule has 0 bridgehead atoms. The van der Waals surface area contributed by atoms with Gasteiger partial charge in [-0.25, -0.2) is 9.59 Å². The molecule has 7 nitrogen and oxygen atoms in total. The molecule has 0 unspecified atom stereocenters. The minimum Gasteiger partial charge on any atom is -0.422 e. The lowest BCUT2D eigenvalue weighted by Crippen LogP contribution is -2.10.